The second-order valence-electron chi connectivity index (χ2n) is 6.58. The van der Waals surface area contributed by atoms with Crippen LogP contribution in [0.15, 0.2) is 43.0 Å². The average molecular weight is 337 g/mol. The lowest BCUT2D eigenvalue weighted by Crippen LogP contribution is -2.54. The molecule has 0 bridgehead atoms. The molecule has 7 nitrogen and oxygen atoms in total. The second-order valence-corrected chi connectivity index (χ2v) is 6.58. The van der Waals surface area contributed by atoms with Crippen LogP contribution in [0.4, 0.5) is 5.82 Å². The molecule has 2 N–H and O–H groups in total. The first-order chi connectivity index (χ1) is 12.3. The predicted octanol–water partition coefficient (Wildman–Crippen LogP) is 1.58. The van der Waals surface area contributed by atoms with E-state index in [2.05, 4.69) is 72.4 Å². The van der Waals surface area contributed by atoms with Crippen LogP contribution in [-0.2, 0) is 6.54 Å². The molecule has 130 valence electrons. The summed E-state index contributed by atoms with van der Waals surface area (Å²) >= 11 is 0. The molecular weight excluding hydrogens is 314 g/mol. The number of nitrogens with zero attached hydrogens (tertiary/aromatic N) is 5. The summed E-state index contributed by atoms with van der Waals surface area (Å²) in [5.74, 6) is 0.815. The highest BCUT2D eigenvalue weighted by molar-refractivity contribution is 5.81. The Morgan fingerprint density at radius 1 is 1.16 bits per heavy atom. The fourth-order valence-corrected chi connectivity index (χ4v) is 3.38. The summed E-state index contributed by atoms with van der Waals surface area (Å²) in [4.78, 5) is 20.8. The fraction of sp³-hybridized carbons (Fsp3) is 0.389. The second kappa shape index (κ2) is 7.16. The molecule has 1 fully saturated rings. The minimum absolute atomic E-state index is 0.423. The van der Waals surface area contributed by atoms with Gasteiger partial charge in [0.2, 0.25) is 0 Å². The Hall–Kier alpha value is -2.51. The zero-order valence-electron chi connectivity index (χ0n) is 14.4. The van der Waals surface area contributed by atoms with E-state index < -0.39 is 0 Å². The first-order valence-corrected chi connectivity index (χ1v) is 8.64. The van der Waals surface area contributed by atoms with Gasteiger partial charge in [-0.3, -0.25) is 4.90 Å². The lowest BCUT2D eigenvalue weighted by atomic mass is 10.1. The number of likely N-dealkylation sites (N-methyl/N-ethyl adjacent to an activating group) is 1. The van der Waals surface area contributed by atoms with Crippen molar-refractivity contribution in [2.45, 2.75) is 12.6 Å². The van der Waals surface area contributed by atoms with Gasteiger partial charge in [0.25, 0.3) is 0 Å². The Kier molecular flexibility index (Phi) is 4.58. The van der Waals surface area contributed by atoms with Crippen molar-refractivity contribution in [2.75, 3.05) is 38.5 Å². The van der Waals surface area contributed by atoms with E-state index in [0.717, 1.165) is 44.1 Å². The Morgan fingerprint density at radius 2 is 2.04 bits per heavy atom. The number of anilines is 1. The number of hydrogen-bond acceptors (Lipinski definition) is 6. The van der Waals surface area contributed by atoms with Crippen molar-refractivity contribution in [1.82, 2.24) is 29.7 Å². The quantitative estimate of drug-likeness (QED) is 0.736. The van der Waals surface area contributed by atoms with Crippen LogP contribution in [0.5, 0.6) is 0 Å². The SMILES string of the molecule is CN1CCN(Cc2ccccc2)C(CNc2ncnc3nc[nH]c23)C1. The third kappa shape index (κ3) is 3.62. The van der Waals surface area contributed by atoms with Gasteiger partial charge in [-0.05, 0) is 12.6 Å². The van der Waals surface area contributed by atoms with Crippen LogP contribution in [-0.4, -0.2) is 69.0 Å². The molecule has 2 aromatic heterocycles. The maximum absolute atomic E-state index is 4.37. The van der Waals surface area contributed by atoms with Crippen molar-refractivity contribution >= 4 is 17.0 Å². The van der Waals surface area contributed by atoms with Gasteiger partial charge in [-0.25, -0.2) is 15.0 Å². The molecule has 4 rings (SSSR count). The summed E-state index contributed by atoms with van der Waals surface area (Å²) in [6.45, 7) is 5.02. The van der Waals surface area contributed by atoms with Gasteiger partial charge in [-0.2, -0.15) is 0 Å². The van der Waals surface area contributed by atoms with Gasteiger partial charge in [0, 0.05) is 38.8 Å². The van der Waals surface area contributed by atoms with Crippen molar-refractivity contribution in [1.29, 1.82) is 0 Å². The maximum atomic E-state index is 4.37. The van der Waals surface area contributed by atoms with E-state index in [4.69, 9.17) is 0 Å². The first-order valence-electron chi connectivity index (χ1n) is 8.64. The highest BCUT2D eigenvalue weighted by Crippen LogP contribution is 2.17. The smallest absolute Gasteiger partial charge is 0.182 e. The predicted molar refractivity (Wildman–Crippen MR) is 98.3 cm³/mol. The number of aromatic amines is 1. The molecule has 0 saturated carbocycles. The molecule has 3 heterocycles. The zero-order valence-corrected chi connectivity index (χ0v) is 14.4. The molecule has 25 heavy (non-hydrogen) atoms. The molecule has 0 amide bonds. The Labute approximate surface area is 147 Å². The lowest BCUT2D eigenvalue weighted by molar-refractivity contribution is 0.0904. The Balaban J connectivity index is 1.47. The zero-order chi connectivity index (χ0) is 17.1. The monoisotopic (exact) mass is 337 g/mol. The van der Waals surface area contributed by atoms with Gasteiger partial charge < -0.3 is 15.2 Å². The fourth-order valence-electron chi connectivity index (χ4n) is 3.38. The number of fused-ring (bicyclic) bond motifs is 1. The van der Waals surface area contributed by atoms with E-state index >= 15 is 0 Å². The molecule has 1 aliphatic rings. The van der Waals surface area contributed by atoms with Gasteiger partial charge in [-0.1, -0.05) is 30.3 Å². The number of piperazine rings is 1. The topological polar surface area (TPSA) is 73.0 Å². The third-order valence-electron chi connectivity index (χ3n) is 4.76. The molecule has 0 radical (unpaired) electrons. The number of nitrogens with one attached hydrogen (secondary N) is 2. The van der Waals surface area contributed by atoms with Gasteiger partial charge >= 0.3 is 0 Å². The van der Waals surface area contributed by atoms with Crippen molar-refractivity contribution in [3.63, 3.8) is 0 Å². The van der Waals surface area contributed by atoms with E-state index in [1.165, 1.54) is 5.56 Å². The van der Waals surface area contributed by atoms with E-state index in [1.807, 2.05) is 0 Å². The molecule has 1 aromatic carbocycles. The van der Waals surface area contributed by atoms with Gasteiger partial charge in [0.05, 0.1) is 6.33 Å². The van der Waals surface area contributed by atoms with E-state index in [1.54, 1.807) is 12.7 Å². The highest BCUT2D eigenvalue weighted by Gasteiger charge is 2.25. The normalized spacial score (nSPS) is 19.3. The number of benzene rings is 1. The molecule has 3 aromatic rings. The van der Waals surface area contributed by atoms with Crippen LogP contribution in [0.2, 0.25) is 0 Å². The number of hydrogen-bond donors (Lipinski definition) is 2. The highest BCUT2D eigenvalue weighted by atomic mass is 15.3. The third-order valence-corrected chi connectivity index (χ3v) is 4.76. The average Bonchev–Trinajstić information content (AvgIpc) is 3.12. The van der Waals surface area contributed by atoms with Gasteiger partial charge in [0.15, 0.2) is 11.5 Å². The molecule has 1 saturated heterocycles. The summed E-state index contributed by atoms with van der Waals surface area (Å²) in [7, 11) is 2.19. The van der Waals surface area contributed by atoms with Crippen LogP contribution in [0, 0.1) is 0 Å². The van der Waals surface area contributed by atoms with Crippen molar-refractivity contribution < 1.29 is 0 Å². The van der Waals surface area contributed by atoms with Crippen LogP contribution >= 0.6 is 0 Å². The van der Waals surface area contributed by atoms with Crippen molar-refractivity contribution in [2.24, 2.45) is 0 Å². The molecule has 7 heteroatoms. The summed E-state index contributed by atoms with van der Waals surface area (Å²) in [6.07, 6.45) is 3.21. The van der Waals surface area contributed by atoms with Crippen LogP contribution < -0.4 is 5.32 Å². The first kappa shape index (κ1) is 16.0. The Bertz CT molecular complexity index is 816. The van der Waals surface area contributed by atoms with Crippen molar-refractivity contribution in [3.05, 3.63) is 48.5 Å². The van der Waals surface area contributed by atoms with Gasteiger partial charge in [-0.15, -0.1) is 0 Å². The van der Waals surface area contributed by atoms with Gasteiger partial charge in [0.1, 0.15) is 11.8 Å². The molecule has 1 atom stereocenters. The number of H-pyrrole nitrogens is 1. The number of aromatic nitrogens is 4. The lowest BCUT2D eigenvalue weighted by Gasteiger charge is -2.40. The minimum atomic E-state index is 0.423. The van der Waals surface area contributed by atoms with E-state index in [-0.39, 0.29) is 0 Å². The van der Waals surface area contributed by atoms with Crippen LogP contribution in [0.1, 0.15) is 5.56 Å². The van der Waals surface area contributed by atoms with E-state index in [9.17, 15) is 0 Å². The summed E-state index contributed by atoms with van der Waals surface area (Å²) in [5, 5.41) is 3.49. The standard InChI is InChI=1S/C18H23N7/c1-24-7-8-25(10-14-5-3-2-4-6-14)15(11-24)9-19-17-16-18(21-12-20-16)23-13-22-17/h2-6,12-13,15H,7-11H2,1H3,(H2,19,20,21,22,23). The Morgan fingerprint density at radius 3 is 2.92 bits per heavy atom. The molecule has 1 unspecified atom stereocenters. The molecule has 0 aliphatic carbocycles. The summed E-state index contributed by atoms with van der Waals surface area (Å²) in [6, 6.07) is 11.1. The number of rotatable bonds is 5. The largest absolute Gasteiger partial charge is 0.367 e. The van der Waals surface area contributed by atoms with Crippen molar-refractivity contribution in [3.8, 4) is 0 Å². The molecule has 0 spiro atoms. The number of imidazole rings is 1. The maximum Gasteiger partial charge on any atom is 0.182 e. The van der Waals surface area contributed by atoms with E-state index in [0.29, 0.717) is 11.7 Å². The molecule has 1 aliphatic heterocycles. The van der Waals surface area contributed by atoms with Crippen LogP contribution in [0.25, 0.3) is 11.2 Å². The molecular formula is C18H23N7. The summed E-state index contributed by atoms with van der Waals surface area (Å²) in [5.41, 5.74) is 2.91. The summed E-state index contributed by atoms with van der Waals surface area (Å²) < 4.78 is 0. The van der Waals surface area contributed by atoms with Crippen LogP contribution in [0.3, 0.4) is 0 Å². The minimum Gasteiger partial charge on any atom is -0.367 e.